The summed E-state index contributed by atoms with van der Waals surface area (Å²) in [7, 11) is 3.31. The minimum Gasteiger partial charge on any atom is -0.452 e. The molecule has 0 aliphatic heterocycles. The number of ether oxygens (including phenoxy) is 1. The molecule has 3 rings (SSSR count). The van der Waals surface area contributed by atoms with Gasteiger partial charge in [-0.05, 0) is 29.8 Å². The van der Waals surface area contributed by atoms with Gasteiger partial charge in [-0.1, -0.05) is 42.5 Å². The number of hydrogen-bond donors (Lipinski definition) is 1. The Hall–Kier alpha value is -4.20. The van der Waals surface area contributed by atoms with E-state index in [-0.39, 0.29) is 17.0 Å². The second-order valence-electron chi connectivity index (χ2n) is 7.15. The Bertz CT molecular complexity index is 1140. The van der Waals surface area contributed by atoms with Crippen LogP contribution in [0.1, 0.15) is 36.8 Å². The number of amides is 3. The molecule has 0 aliphatic rings. The quantitative estimate of drug-likeness (QED) is 0.577. The fourth-order valence-electron chi connectivity index (χ4n) is 3.11. The lowest BCUT2D eigenvalue weighted by Gasteiger charge is -2.19. The van der Waals surface area contributed by atoms with Crippen molar-refractivity contribution < 1.29 is 23.9 Å². The Morgan fingerprint density at radius 2 is 1.56 bits per heavy atom. The van der Waals surface area contributed by atoms with Crippen LogP contribution in [0.2, 0.25) is 0 Å². The van der Waals surface area contributed by atoms with Gasteiger partial charge in [0.2, 0.25) is 0 Å². The Morgan fingerprint density at radius 3 is 2.22 bits per heavy atom. The summed E-state index contributed by atoms with van der Waals surface area (Å²) in [4.78, 5) is 51.1. The second kappa shape index (κ2) is 10.2. The number of aromatic nitrogens is 1. The van der Waals surface area contributed by atoms with Crippen molar-refractivity contribution in [2.45, 2.75) is 6.54 Å². The van der Waals surface area contributed by atoms with Gasteiger partial charge >= 0.3 is 5.97 Å². The maximum Gasteiger partial charge on any atom is 0.339 e. The lowest BCUT2D eigenvalue weighted by atomic mass is 10.1. The maximum absolute atomic E-state index is 12.9. The summed E-state index contributed by atoms with van der Waals surface area (Å²) in [5, 5.41) is 2.16. The van der Waals surface area contributed by atoms with Crippen molar-refractivity contribution in [3.05, 3.63) is 95.3 Å². The molecule has 1 heterocycles. The summed E-state index contributed by atoms with van der Waals surface area (Å²) in [5.41, 5.74) is 1.44. The predicted octanol–water partition coefficient (Wildman–Crippen LogP) is 2.41. The van der Waals surface area contributed by atoms with Gasteiger partial charge in [0.05, 0.1) is 11.1 Å². The van der Waals surface area contributed by atoms with E-state index in [1.807, 2.05) is 30.3 Å². The monoisotopic (exact) mass is 433 g/mol. The van der Waals surface area contributed by atoms with Gasteiger partial charge in [-0.3, -0.25) is 19.7 Å². The molecule has 0 bridgehead atoms. The van der Waals surface area contributed by atoms with Crippen LogP contribution in [0.25, 0.3) is 0 Å². The summed E-state index contributed by atoms with van der Waals surface area (Å²) in [6.07, 6.45) is 1.67. The van der Waals surface area contributed by atoms with Crippen molar-refractivity contribution in [2.24, 2.45) is 7.05 Å². The highest BCUT2D eigenvalue weighted by Crippen LogP contribution is 2.14. The average Bonchev–Trinajstić information content (AvgIpc) is 3.23. The number of benzene rings is 2. The Kier molecular flexibility index (Phi) is 7.17. The standard InChI is InChI=1S/C24H23N3O5/c1-26-14-8-13-20(26)22(29)25-21(28)16-32-24(31)19-12-7-6-11-18(19)23(30)27(2)15-17-9-4-3-5-10-17/h3-14H,15-16H2,1-2H3,(H,25,28,29). The van der Waals surface area contributed by atoms with E-state index in [4.69, 9.17) is 4.74 Å². The molecule has 32 heavy (non-hydrogen) atoms. The van der Waals surface area contributed by atoms with E-state index in [0.717, 1.165) is 5.56 Å². The molecule has 0 radical (unpaired) electrons. The van der Waals surface area contributed by atoms with Crippen LogP contribution in [0.15, 0.2) is 72.9 Å². The van der Waals surface area contributed by atoms with Crippen molar-refractivity contribution in [3.63, 3.8) is 0 Å². The molecular weight excluding hydrogens is 410 g/mol. The zero-order valence-electron chi connectivity index (χ0n) is 17.8. The largest absolute Gasteiger partial charge is 0.452 e. The Labute approximate surface area is 185 Å². The maximum atomic E-state index is 12.9. The summed E-state index contributed by atoms with van der Waals surface area (Å²) in [6.45, 7) is -0.288. The van der Waals surface area contributed by atoms with Crippen LogP contribution in [0.3, 0.4) is 0 Å². The van der Waals surface area contributed by atoms with Gasteiger partial charge in [0.15, 0.2) is 6.61 Å². The van der Waals surface area contributed by atoms with Crippen molar-refractivity contribution in [1.29, 1.82) is 0 Å². The molecule has 0 saturated heterocycles. The first-order valence-electron chi connectivity index (χ1n) is 9.88. The average molecular weight is 433 g/mol. The summed E-state index contributed by atoms with van der Waals surface area (Å²) in [6, 6.07) is 18.9. The molecule has 8 nitrogen and oxygen atoms in total. The normalized spacial score (nSPS) is 10.3. The molecule has 3 aromatic rings. The molecular formula is C24H23N3O5. The number of nitrogens with zero attached hydrogens (tertiary/aromatic N) is 2. The molecule has 3 amide bonds. The zero-order valence-corrected chi connectivity index (χ0v) is 17.8. The van der Waals surface area contributed by atoms with Crippen LogP contribution in [-0.4, -0.2) is 46.8 Å². The smallest absolute Gasteiger partial charge is 0.339 e. The number of aryl methyl sites for hydroxylation is 1. The van der Waals surface area contributed by atoms with Gasteiger partial charge in [0, 0.05) is 26.8 Å². The van der Waals surface area contributed by atoms with Gasteiger partial charge in [-0.2, -0.15) is 0 Å². The van der Waals surface area contributed by atoms with E-state index in [0.29, 0.717) is 12.2 Å². The molecule has 8 heteroatoms. The zero-order chi connectivity index (χ0) is 23.1. The highest BCUT2D eigenvalue weighted by atomic mass is 16.5. The first-order chi connectivity index (χ1) is 15.4. The van der Waals surface area contributed by atoms with Gasteiger partial charge in [-0.25, -0.2) is 4.79 Å². The first-order valence-corrected chi connectivity index (χ1v) is 9.88. The highest BCUT2D eigenvalue weighted by molar-refractivity contribution is 6.07. The molecule has 0 unspecified atom stereocenters. The van der Waals surface area contributed by atoms with Gasteiger partial charge in [-0.15, -0.1) is 0 Å². The molecule has 1 aromatic heterocycles. The van der Waals surface area contributed by atoms with Crippen LogP contribution in [-0.2, 0) is 23.1 Å². The minimum absolute atomic E-state index is 0.0407. The number of esters is 1. The van der Waals surface area contributed by atoms with Crippen molar-refractivity contribution >= 4 is 23.7 Å². The summed E-state index contributed by atoms with van der Waals surface area (Å²) in [5.74, 6) is -2.56. The molecule has 0 atom stereocenters. The number of rotatable bonds is 7. The third-order valence-corrected chi connectivity index (χ3v) is 4.75. The fraction of sp³-hybridized carbons (Fsp3) is 0.167. The molecule has 0 saturated carbocycles. The lowest BCUT2D eigenvalue weighted by Crippen LogP contribution is -2.35. The van der Waals surface area contributed by atoms with Crippen LogP contribution in [0.5, 0.6) is 0 Å². The van der Waals surface area contributed by atoms with E-state index in [1.165, 1.54) is 17.0 Å². The second-order valence-corrected chi connectivity index (χ2v) is 7.15. The third kappa shape index (κ3) is 5.48. The molecule has 0 fully saturated rings. The van der Waals surface area contributed by atoms with Crippen molar-refractivity contribution in [1.82, 2.24) is 14.8 Å². The number of carbonyl (C=O) groups is 4. The highest BCUT2D eigenvalue weighted by Gasteiger charge is 2.22. The Balaban J connectivity index is 1.62. The van der Waals surface area contributed by atoms with E-state index >= 15 is 0 Å². The summed E-state index contributed by atoms with van der Waals surface area (Å²) >= 11 is 0. The van der Waals surface area contributed by atoms with E-state index in [1.54, 1.807) is 49.1 Å². The Morgan fingerprint density at radius 1 is 0.906 bits per heavy atom. The third-order valence-electron chi connectivity index (χ3n) is 4.75. The van der Waals surface area contributed by atoms with Gasteiger partial charge in [0.25, 0.3) is 17.7 Å². The molecule has 0 spiro atoms. The number of nitrogens with one attached hydrogen (secondary N) is 1. The SMILES string of the molecule is CN(Cc1ccccc1)C(=O)c1ccccc1C(=O)OCC(=O)NC(=O)c1cccn1C. The van der Waals surface area contributed by atoms with E-state index < -0.39 is 24.4 Å². The first kappa shape index (κ1) is 22.5. The predicted molar refractivity (Wildman–Crippen MR) is 117 cm³/mol. The van der Waals surface area contributed by atoms with Crippen molar-refractivity contribution in [2.75, 3.05) is 13.7 Å². The van der Waals surface area contributed by atoms with Crippen molar-refractivity contribution in [3.8, 4) is 0 Å². The molecule has 0 aliphatic carbocycles. The molecule has 164 valence electrons. The van der Waals surface area contributed by atoms with E-state index in [2.05, 4.69) is 5.32 Å². The number of imide groups is 1. The minimum atomic E-state index is -0.830. The lowest BCUT2D eigenvalue weighted by molar-refractivity contribution is -0.123. The summed E-state index contributed by atoms with van der Waals surface area (Å²) < 4.78 is 6.60. The van der Waals surface area contributed by atoms with Crippen LogP contribution in [0.4, 0.5) is 0 Å². The van der Waals surface area contributed by atoms with Crippen LogP contribution < -0.4 is 5.32 Å². The fourth-order valence-corrected chi connectivity index (χ4v) is 3.11. The topological polar surface area (TPSA) is 97.7 Å². The molecule has 2 aromatic carbocycles. The molecule has 1 N–H and O–H groups in total. The van der Waals surface area contributed by atoms with Gasteiger partial charge < -0.3 is 14.2 Å². The van der Waals surface area contributed by atoms with Crippen LogP contribution >= 0.6 is 0 Å². The van der Waals surface area contributed by atoms with Crippen LogP contribution in [0, 0.1) is 0 Å². The van der Waals surface area contributed by atoms with Gasteiger partial charge in [0.1, 0.15) is 5.69 Å². The van der Waals surface area contributed by atoms with E-state index in [9.17, 15) is 19.2 Å². The number of hydrogen-bond acceptors (Lipinski definition) is 5. The number of carbonyl (C=O) groups excluding carboxylic acids is 4.